The smallest absolute Gasteiger partial charge is 0.120 e. The average molecular weight is 195 g/mol. The van der Waals surface area contributed by atoms with Gasteiger partial charge in [0.05, 0.1) is 0 Å². The molecule has 0 amide bonds. The molecule has 1 aliphatic rings. The second kappa shape index (κ2) is 3.24. The number of hydrogen-bond donors (Lipinski definition) is 3. The minimum absolute atomic E-state index is 0.0212. The van der Waals surface area contributed by atoms with E-state index in [1.54, 1.807) is 12.1 Å². The molecule has 1 unspecified atom stereocenters. The van der Waals surface area contributed by atoms with Crippen molar-refractivity contribution in [2.45, 2.75) is 23.8 Å². The summed E-state index contributed by atoms with van der Waals surface area (Å²) in [5.41, 5.74) is 6.80. The van der Waals surface area contributed by atoms with Crippen LogP contribution in [0.3, 0.4) is 0 Å². The summed E-state index contributed by atoms with van der Waals surface area (Å²) in [6, 6.07) is 5.25. The van der Waals surface area contributed by atoms with Gasteiger partial charge in [0.25, 0.3) is 0 Å². The Kier molecular flexibility index (Phi) is 2.22. The minimum atomic E-state index is -0.0212. The summed E-state index contributed by atoms with van der Waals surface area (Å²) >= 11 is 4.22. The molecule has 0 spiro atoms. The molecule has 13 heavy (non-hydrogen) atoms. The summed E-state index contributed by atoms with van der Waals surface area (Å²) in [5, 5.41) is 9.57. The van der Waals surface area contributed by atoms with Crippen LogP contribution in [0.1, 0.15) is 24.4 Å². The van der Waals surface area contributed by atoms with Gasteiger partial charge < -0.3 is 10.8 Å². The van der Waals surface area contributed by atoms with Crippen molar-refractivity contribution in [3.63, 3.8) is 0 Å². The van der Waals surface area contributed by atoms with Gasteiger partial charge in [0.1, 0.15) is 5.75 Å². The summed E-state index contributed by atoms with van der Waals surface area (Å²) in [6.45, 7) is 0. The number of rotatable bonds is 2. The van der Waals surface area contributed by atoms with Crippen LogP contribution in [0.15, 0.2) is 23.1 Å². The van der Waals surface area contributed by atoms with E-state index in [0.29, 0.717) is 5.92 Å². The van der Waals surface area contributed by atoms with Crippen molar-refractivity contribution < 1.29 is 5.11 Å². The van der Waals surface area contributed by atoms with Gasteiger partial charge >= 0.3 is 0 Å². The number of nitrogens with two attached hydrogens (primary N) is 1. The van der Waals surface area contributed by atoms with Crippen LogP contribution in [0.2, 0.25) is 0 Å². The van der Waals surface area contributed by atoms with Crippen molar-refractivity contribution in [3.8, 4) is 5.75 Å². The number of aromatic hydroxyl groups is 1. The van der Waals surface area contributed by atoms with Gasteiger partial charge in [-0.1, -0.05) is 0 Å². The molecule has 1 aliphatic carbocycles. The highest BCUT2D eigenvalue weighted by molar-refractivity contribution is 7.80. The van der Waals surface area contributed by atoms with E-state index in [2.05, 4.69) is 12.6 Å². The molecule has 0 saturated heterocycles. The van der Waals surface area contributed by atoms with Crippen LogP contribution >= 0.6 is 12.6 Å². The Balaban J connectivity index is 2.31. The summed E-state index contributed by atoms with van der Waals surface area (Å²) in [6.07, 6.45) is 2.36. The first-order valence-corrected chi connectivity index (χ1v) is 4.90. The van der Waals surface area contributed by atoms with Crippen molar-refractivity contribution in [2.75, 3.05) is 0 Å². The van der Waals surface area contributed by atoms with Crippen LogP contribution in [-0.4, -0.2) is 5.11 Å². The first-order chi connectivity index (χ1) is 6.18. The lowest BCUT2D eigenvalue weighted by atomic mass is 10.0. The lowest BCUT2D eigenvalue weighted by molar-refractivity contribution is 0.455. The Morgan fingerprint density at radius 2 is 2.15 bits per heavy atom. The molecular formula is C10H13NOS. The van der Waals surface area contributed by atoms with Crippen LogP contribution in [0, 0.1) is 5.92 Å². The number of thiol groups is 1. The van der Waals surface area contributed by atoms with E-state index >= 15 is 0 Å². The molecule has 0 aliphatic heterocycles. The number of hydrogen-bond acceptors (Lipinski definition) is 3. The molecule has 3 heteroatoms. The Hall–Kier alpha value is -0.670. The molecule has 0 radical (unpaired) electrons. The van der Waals surface area contributed by atoms with Crippen molar-refractivity contribution in [2.24, 2.45) is 11.7 Å². The molecule has 2 rings (SSSR count). The molecule has 1 aromatic carbocycles. The Labute approximate surface area is 83.2 Å². The standard InChI is InChI=1S/C10H13NOS/c11-10(6-1-2-6)8-5-7(13)3-4-9(8)12/h3-6,10,12-13H,1-2,11H2. The van der Waals surface area contributed by atoms with Gasteiger partial charge in [0.2, 0.25) is 0 Å². The van der Waals surface area contributed by atoms with Gasteiger partial charge in [-0.05, 0) is 37.0 Å². The van der Waals surface area contributed by atoms with Crippen molar-refractivity contribution in [3.05, 3.63) is 23.8 Å². The molecule has 0 aromatic heterocycles. The summed E-state index contributed by atoms with van der Waals surface area (Å²) in [4.78, 5) is 0.851. The second-order valence-corrected chi connectivity index (χ2v) is 4.12. The van der Waals surface area contributed by atoms with Gasteiger partial charge in [-0.15, -0.1) is 12.6 Å². The highest BCUT2D eigenvalue weighted by Crippen LogP contribution is 2.42. The first-order valence-electron chi connectivity index (χ1n) is 4.46. The van der Waals surface area contributed by atoms with E-state index < -0.39 is 0 Å². The normalized spacial score (nSPS) is 18.6. The van der Waals surface area contributed by atoms with E-state index in [-0.39, 0.29) is 11.8 Å². The second-order valence-electron chi connectivity index (χ2n) is 3.61. The first kappa shape index (κ1) is 8.91. The summed E-state index contributed by atoms with van der Waals surface area (Å²) < 4.78 is 0. The van der Waals surface area contributed by atoms with Crippen LogP contribution in [-0.2, 0) is 0 Å². The predicted molar refractivity (Wildman–Crippen MR) is 55.0 cm³/mol. The zero-order valence-corrected chi connectivity index (χ0v) is 8.17. The molecular weight excluding hydrogens is 182 g/mol. The summed E-state index contributed by atoms with van der Waals surface area (Å²) in [5.74, 6) is 0.846. The van der Waals surface area contributed by atoms with Crippen molar-refractivity contribution in [1.82, 2.24) is 0 Å². The van der Waals surface area contributed by atoms with E-state index in [9.17, 15) is 5.11 Å². The van der Waals surface area contributed by atoms with Gasteiger partial charge in [-0.3, -0.25) is 0 Å². The fourth-order valence-corrected chi connectivity index (χ4v) is 1.73. The Morgan fingerprint density at radius 1 is 1.46 bits per heavy atom. The maximum atomic E-state index is 9.57. The quantitative estimate of drug-likeness (QED) is 0.633. The van der Waals surface area contributed by atoms with E-state index in [0.717, 1.165) is 10.5 Å². The molecule has 1 aromatic rings. The molecule has 2 nitrogen and oxygen atoms in total. The fourth-order valence-electron chi connectivity index (χ4n) is 1.52. The van der Waals surface area contributed by atoms with E-state index in [1.165, 1.54) is 12.8 Å². The molecule has 3 N–H and O–H groups in total. The third kappa shape index (κ3) is 1.81. The van der Waals surface area contributed by atoms with Gasteiger partial charge in [0, 0.05) is 16.5 Å². The Bertz CT molecular complexity index is 323. The van der Waals surface area contributed by atoms with Crippen LogP contribution in [0.4, 0.5) is 0 Å². The SMILES string of the molecule is NC(c1cc(S)ccc1O)C1CC1. The summed E-state index contributed by atoms with van der Waals surface area (Å²) in [7, 11) is 0. The average Bonchev–Trinajstić information content (AvgIpc) is 2.91. The topological polar surface area (TPSA) is 46.2 Å². The van der Waals surface area contributed by atoms with E-state index in [1.807, 2.05) is 6.07 Å². The number of phenols is 1. The lowest BCUT2D eigenvalue weighted by Crippen LogP contribution is -2.12. The third-order valence-corrected chi connectivity index (χ3v) is 2.78. The third-order valence-electron chi connectivity index (χ3n) is 2.50. The van der Waals surface area contributed by atoms with Gasteiger partial charge in [0.15, 0.2) is 0 Å². The highest BCUT2D eigenvalue weighted by atomic mass is 32.1. The molecule has 1 saturated carbocycles. The highest BCUT2D eigenvalue weighted by Gasteiger charge is 2.30. The number of phenolic OH excluding ortho intramolecular Hbond substituents is 1. The molecule has 0 heterocycles. The maximum Gasteiger partial charge on any atom is 0.120 e. The van der Waals surface area contributed by atoms with Crippen LogP contribution in [0.5, 0.6) is 5.75 Å². The Morgan fingerprint density at radius 3 is 2.77 bits per heavy atom. The maximum absolute atomic E-state index is 9.57. The van der Waals surface area contributed by atoms with Crippen LogP contribution in [0.25, 0.3) is 0 Å². The monoisotopic (exact) mass is 195 g/mol. The molecule has 0 bridgehead atoms. The van der Waals surface area contributed by atoms with Crippen LogP contribution < -0.4 is 5.73 Å². The van der Waals surface area contributed by atoms with Crippen molar-refractivity contribution in [1.29, 1.82) is 0 Å². The molecule has 70 valence electrons. The number of benzene rings is 1. The minimum Gasteiger partial charge on any atom is -0.508 e. The fraction of sp³-hybridized carbons (Fsp3) is 0.400. The van der Waals surface area contributed by atoms with E-state index in [4.69, 9.17) is 5.73 Å². The molecule has 1 fully saturated rings. The van der Waals surface area contributed by atoms with Gasteiger partial charge in [-0.2, -0.15) is 0 Å². The predicted octanol–water partition coefficient (Wildman–Crippen LogP) is 2.09. The molecule has 1 atom stereocenters. The zero-order valence-electron chi connectivity index (χ0n) is 7.27. The van der Waals surface area contributed by atoms with Gasteiger partial charge in [-0.25, -0.2) is 0 Å². The van der Waals surface area contributed by atoms with Crippen molar-refractivity contribution >= 4 is 12.6 Å². The lowest BCUT2D eigenvalue weighted by Gasteiger charge is -2.12. The zero-order chi connectivity index (χ0) is 9.42. The largest absolute Gasteiger partial charge is 0.508 e.